The number of hydrogen-bond acceptors (Lipinski definition) is 3. The normalized spacial score (nSPS) is 11.8. The first-order valence-electron chi connectivity index (χ1n) is 3.58. The van der Waals surface area contributed by atoms with Crippen molar-refractivity contribution in [3.05, 3.63) is 29.3 Å². The highest BCUT2D eigenvalue weighted by Crippen LogP contribution is 2.15. The van der Waals surface area contributed by atoms with Gasteiger partial charge in [-0.3, -0.25) is 0 Å². The molecule has 1 aromatic heterocycles. The molecule has 0 radical (unpaired) electrons. The lowest BCUT2D eigenvalue weighted by atomic mass is 10.4. The molecular weight excluding hydrogens is 211 g/mol. The molecule has 0 N–H and O–H groups in total. The van der Waals surface area contributed by atoms with E-state index >= 15 is 0 Å². The molecule has 0 aliphatic carbocycles. The highest BCUT2D eigenvalue weighted by atomic mass is 35.5. The van der Waals surface area contributed by atoms with Crippen LogP contribution in [-0.2, 0) is 0 Å². The Bertz CT molecular complexity index is 300. The van der Waals surface area contributed by atoms with Gasteiger partial charge >= 0.3 is 0 Å². The fraction of sp³-hybridized carbons (Fsp3) is 0.250. The summed E-state index contributed by atoms with van der Waals surface area (Å²) in [4.78, 5) is 7.58. The van der Waals surface area contributed by atoms with Gasteiger partial charge in [0.25, 0.3) is 0 Å². The van der Waals surface area contributed by atoms with Gasteiger partial charge in [0.2, 0.25) is 0 Å². The smallest absolute Gasteiger partial charge is 0.187 e. The number of nitrogens with zero attached hydrogens (tertiary/aromatic N) is 2. The maximum Gasteiger partial charge on any atom is 0.187 e. The van der Waals surface area contributed by atoms with Crippen LogP contribution >= 0.6 is 23.4 Å². The quantitative estimate of drug-likeness (QED) is 0.576. The van der Waals surface area contributed by atoms with E-state index in [4.69, 9.17) is 11.6 Å². The first kappa shape index (κ1) is 10.5. The van der Waals surface area contributed by atoms with Gasteiger partial charge in [-0.1, -0.05) is 28.9 Å². The molecule has 5 heteroatoms. The zero-order valence-electron chi connectivity index (χ0n) is 7.00. The Hall–Kier alpha value is -0.610. The highest BCUT2D eigenvalue weighted by Gasteiger charge is 1.98. The third kappa shape index (κ3) is 3.74. The molecule has 1 aromatic rings. The zero-order chi connectivity index (χ0) is 9.68. The molecular formula is C8H8ClFN2S. The SMILES string of the molecule is C/C(=C\Cl)CSc1ncc(F)cn1. The van der Waals surface area contributed by atoms with Gasteiger partial charge in [-0.25, -0.2) is 14.4 Å². The molecule has 0 saturated heterocycles. The lowest BCUT2D eigenvalue weighted by Crippen LogP contribution is -1.89. The van der Waals surface area contributed by atoms with Crippen molar-refractivity contribution in [2.45, 2.75) is 12.1 Å². The molecule has 0 aliphatic rings. The summed E-state index contributed by atoms with van der Waals surface area (Å²) in [6.45, 7) is 1.91. The predicted octanol–water partition coefficient (Wildman–Crippen LogP) is 2.85. The summed E-state index contributed by atoms with van der Waals surface area (Å²) in [6, 6.07) is 0. The van der Waals surface area contributed by atoms with Crippen molar-refractivity contribution < 1.29 is 4.39 Å². The van der Waals surface area contributed by atoms with Crippen LogP contribution in [0.25, 0.3) is 0 Å². The van der Waals surface area contributed by atoms with E-state index in [2.05, 4.69) is 9.97 Å². The number of aromatic nitrogens is 2. The molecule has 0 fully saturated rings. The summed E-state index contributed by atoms with van der Waals surface area (Å²) in [5.74, 6) is 0.295. The van der Waals surface area contributed by atoms with Gasteiger partial charge in [-0.15, -0.1) is 0 Å². The van der Waals surface area contributed by atoms with Crippen LogP contribution in [0.1, 0.15) is 6.92 Å². The Morgan fingerprint density at radius 3 is 2.77 bits per heavy atom. The molecule has 0 spiro atoms. The summed E-state index contributed by atoms with van der Waals surface area (Å²) in [5.41, 5.74) is 2.54. The summed E-state index contributed by atoms with van der Waals surface area (Å²) >= 11 is 6.89. The molecule has 0 saturated carbocycles. The minimum atomic E-state index is -0.422. The summed E-state index contributed by atoms with van der Waals surface area (Å²) in [7, 11) is 0. The van der Waals surface area contributed by atoms with Crippen LogP contribution in [0.4, 0.5) is 4.39 Å². The van der Waals surface area contributed by atoms with E-state index in [1.807, 2.05) is 6.92 Å². The van der Waals surface area contributed by atoms with Gasteiger partial charge in [0.15, 0.2) is 11.0 Å². The van der Waals surface area contributed by atoms with Gasteiger partial charge < -0.3 is 0 Å². The van der Waals surface area contributed by atoms with E-state index in [0.717, 1.165) is 23.7 Å². The molecule has 0 unspecified atom stereocenters. The number of thioether (sulfide) groups is 1. The van der Waals surface area contributed by atoms with Crippen LogP contribution in [0, 0.1) is 5.82 Å². The monoisotopic (exact) mass is 218 g/mol. The van der Waals surface area contributed by atoms with Gasteiger partial charge in [0, 0.05) is 11.3 Å². The van der Waals surface area contributed by atoms with Crippen molar-refractivity contribution in [2.75, 3.05) is 5.75 Å². The molecule has 0 bridgehead atoms. The first-order chi connectivity index (χ1) is 6.22. The van der Waals surface area contributed by atoms with E-state index in [1.165, 1.54) is 17.3 Å². The Labute approximate surface area is 85.2 Å². The molecule has 0 aliphatic heterocycles. The molecule has 1 rings (SSSR count). The minimum Gasteiger partial charge on any atom is -0.228 e. The topological polar surface area (TPSA) is 25.8 Å². The van der Waals surface area contributed by atoms with Crippen molar-refractivity contribution >= 4 is 23.4 Å². The second-order valence-corrected chi connectivity index (χ2v) is 3.59. The molecule has 0 amide bonds. The van der Waals surface area contributed by atoms with Crippen LogP contribution < -0.4 is 0 Å². The maximum atomic E-state index is 12.4. The Balaban J connectivity index is 2.51. The second kappa shape index (κ2) is 5.19. The van der Waals surface area contributed by atoms with Gasteiger partial charge in [0.1, 0.15) is 0 Å². The average Bonchev–Trinajstić information content (AvgIpc) is 2.16. The number of halogens is 2. The van der Waals surface area contributed by atoms with Crippen LogP contribution in [0.2, 0.25) is 0 Å². The minimum absolute atomic E-state index is 0.422. The highest BCUT2D eigenvalue weighted by molar-refractivity contribution is 7.99. The average molecular weight is 219 g/mol. The van der Waals surface area contributed by atoms with Crippen LogP contribution in [-0.4, -0.2) is 15.7 Å². The van der Waals surface area contributed by atoms with Crippen molar-refractivity contribution in [3.63, 3.8) is 0 Å². The first-order valence-corrected chi connectivity index (χ1v) is 5.01. The van der Waals surface area contributed by atoms with Crippen LogP contribution in [0.5, 0.6) is 0 Å². The fourth-order valence-corrected chi connectivity index (χ4v) is 1.45. The van der Waals surface area contributed by atoms with E-state index in [-0.39, 0.29) is 0 Å². The lowest BCUT2D eigenvalue weighted by Gasteiger charge is -1.98. The van der Waals surface area contributed by atoms with Crippen molar-refractivity contribution in [1.29, 1.82) is 0 Å². The predicted molar refractivity (Wildman–Crippen MR) is 52.3 cm³/mol. The summed E-state index contributed by atoms with van der Waals surface area (Å²) in [6.07, 6.45) is 2.30. The molecule has 13 heavy (non-hydrogen) atoms. The Morgan fingerprint density at radius 2 is 2.23 bits per heavy atom. The molecule has 0 atom stereocenters. The Kier molecular flexibility index (Phi) is 4.18. The molecule has 70 valence electrons. The largest absolute Gasteiger partial charge is 0.228 e. The maximum absolute atomic E-state index is 12.4. The van der Waals surface area contributed by atoms with E-state index < -0.39 is 5.82 Å². The molecule has 0 aromatic carbocycles. The van der Waals surface area contributed by atoms with Crippen LogP contribution in [0.3, 0.4) is 0 Å². The van der Waals surface area contributed by atoms with Crippen LogP contribution in [0.15, 0.2) is 28.7 Å². The van der Waals surface area contributed by atoms with E-state index in [1.54, 1.807) is 0 Å². The van der Waals surface area contributed by atoms with Crippen molar-refractivity contribution in [2.24, 2.45) is 0 Å². The van der Waals surface area contributed by atoms with Gasteiger partial charge in [-0.05, 0) is 6.92 Å². The fourth-order valence-electron chi connectivity index (χ4n) is 0.585. The van der Waals surface area contributed by atoms with Crippen molar-refractivity contribution in [3.8, 4) is 0 Å². The Morgan fingerprint density at radius 1 is 1.62 bits per heavy atom. The third-order valence-corrected chi connectivity index (χ3v) is 2.65. The molecule has 2 nitrogen and oxygen atoms in total. The van der Waals surface area contributed by atoms with Gasteiger partial charge in [-0.2, -0.15) is 0 Å². The zero-order valence-corrected chi connectivity index (χ0v) is 8.57. The third-order valence-electron chi connectivity index (χ3n) is 1.21. The summed E-state index contributed by atoms with van der Waals surface area (Å²) in [5, 5.41) is 0.555. The van der Waals surface area contributed by atoms with Crippen molar-refractivity contribution in [1.82, 2.24) is 9.97 Å². The summed E-state index contributed by atoms with van der Waals surface area (Å²) < 4.78 is 12.4. The number of hydrogen-bond donors (Lipinski definition) is 0. The lowest BCUT2D eigenvalue weighted by molar-refractivity contribution is 0.605. The van der Waals surface area contributed by atoms with Gasteiger partial charge in [0.05, 0.1) is 12.4 Å². The van der Waals surface area contributed by atoms with E-state index in [0.29, 0.717) is 5.16 Å². The number of rotatable bonds is 3. The molecule has 1 heterocycles. The second-order valence-electron chi connectivity index (χ2n) is 2.43. The standard InChI is InChI=1S/C8H8ClFN2S/c1-6(2-9)5-13-8-11-3-7(10)4-12-8/h2-4H,5H2,1H3/b6-2+. The van der Waals surface area contributed by atoms with E-state index in [9.17, 15) is 4.39 Å².